The Kier molecular flexibility index (Phi) is 4.47. The third-order valence-electron chi connectivity index (χ3n) is 5.45. The van der Waals surface area contributed by atoms with Gasteiger partial charge in [-0.05, 0) is 43.9 Å². The molecular weight excluding hydrogens is 428 g/mol. The standard InChI is InChI=1S/C20H19F2N5O3S/c1-31(29,30)27(12-4-5-12)15-7-6-14(21)16(17(15)22)20(28)24-11-8-13-18(10-2-3-10)25-26-19(13)23-9-11/h6-10,12H,2-5H2,1H3,(H,24,28)(H,23,25,26). The molecule has 1 aromatic carbocycles. The van der Waals surface area contributed by atoms with Gasteiger partial charge >= 0.3 is 0 Å². The Bertz CT molecular complexity index is 1320. The number of nitrogens with zero attached hydrogens (tertiary/aromatic N) is 3. The molecule has 0 unspecified atom stereocenters. The van der Waals surface area contributed by atoms with E-state index in [1.165, 1.54) is 6.20 Å². The lowest BCUT2D eigenvalue weighted by molar-refractivity contribution is 0.101. The molecule has 0 saturated heterocycles. The number of nitrogens with one attached hydrogen (secondary N) is 2. The van der Waals surface area contributed by atoms with E-state index in [0.717, 1.165) is 46.6 Å². The van der Waals surface area contributed by atoms with E-state index in [4.69, 9.17) is 0 Å². The van der Waals surface area contributed by atoms with Crippen molar-refractivity contribution >= 4 is 38.3 Å². The fourth-order valence-corrected chi connectivity index (χ4v) is 4.99. The molecule has 0 bridgehead atoms. The van der Waals surface area contributed by atoms with Gasteiger partial charge in [0, 0.05) is 23.0 Å². The van der Waals surface area contributed by atoms with E-state index in [0.29, 0.717) is 24.4 Å². The van der Waals surface area contributed by atoms with Crippen molar-refractivity contribution in [2.45, 2.75) is 37.6 Å². The Morgan fingerprint density at radius 2 is 1.97 bits per heavy atom. The number of aromatic amines is 1. The van der Waals surface area contributed by atoms with E-state index in [2.05, 4.69) is 20.5 Å². The highest BCUT2D eigenvalue weighted by molar-refractivity contribution is 7.92. The van der Waals surface area contributed by atoms with Crippen LogP contribution in [0.2, 0.25) is 0 Å². The molecule has 1 amide bonds. The smallest absolute Gasteiger partial charge is 0.261 e. The van der Waals surface area contributed by atoms with Crippen LogP contribution in [0.5, 0.6) is 0 Å². The molecule has 2 fully saturated rings. The van der Waals surface area contributed by atoms with Crippen LogP contribution in [-0.2, 0) is 10.0 Å². The predicted octanol–water partition coefficient (Wildman–Crippen LogP) is 3.29. The van der Waals surface area contributed by atoms with Crippen molar-refractivity contribution in [3.63, 3.8) is 0 Å². The molecule has 2 aliphatic carbocycles. The lowest BCUT2D eigenvalue weighted by atomic mass is 10.1. The molecule has 3 aromatic rings. The van der Waals surface area contributed by atoms with Gasteiger partial charge in [-0.3, -0.25) is 14.2 Å². The molecular formula is C20H19F2N5O3S. The SMILES string of the molecule is CS(=O)(=O)N(c1ccc(F)c(C(=O)Nc2cnc3n[nH]c(C4CC4)c3c2)c1F)C1CC1. The van der Waals surface area contributed by atoms with Crippen molar-refractivity contribution in [1.29, 1.82) is 0 Å². The van der Waals surface area contributed by atoms with Gasteiger partial charge in [0.05, 0.1) is 23.8 Å². The molecule has 2 aliphatic rings. The first-order chi connectivity index (χ1) is 14.7. The fourth-order valence-electron chi connectivity index (χ4n) is 3.74. The number of hydrogen-bond acceptors (Lipinski definition) is 5. The summed E-state index contributed by atoms with van der Waals surface area (Å²) in [6.07, 6.45) is 5.53. The highest BCUT2D eigenvalue weighted by Crippen LogP contribution is 2.42. The van der Waals surface area contributed by atoms with Gasteiger partial charge in [-0.25, -0.2) is 22.2 Å². The first-order valence-electron chi connectivity index (χ1n) is 9.87. The van der Waals surface area contributed by atoms with Gasteiger partial charge in [0.1, 0.15) is 11.4 Å². The Labute approximate surface area is 176 Å². The molecule has 0 atom stereocenters. The summed E-state index contributed by atoms with van der Waals surface area (Å²) in [6, 6.07) is 3.21. The lowest BCUT2D eigenvalue weighted by Gasteiger charge is -2.23. The second-order valence-electron chi connectivity index (χ2n) is 8.01. The normalized spacial score (nSPS) is 16.5. The molecule has 2 N–H and O–H groups in total. The summed E-state index contributed by atoms with van der Waals surface area (Å²) in [4.78, 5) is 16.9. The van der Waals surface area contributed by atoms with Crippen molar-refractivity contribution in [3.8, 4) is 0 Å². The van der Waals surface area contributed by atoms with Gasteiger partial charge in [0.25, 0.3) is 5.91 Å². The maximum atomic E-state index is 15.2. The van der Waals surface area contributed by atoms with Crippen molar-refractivity contribution < 1.29 is 22.0 Å². The first kappa shape index (κ1) is 19.9. The van der Waals surface area contributed by atoms with Gasteiger partial charge in [0.15, 0.2) is 11.5 Å². The number of amides is 1. The Morgan fingerprint density at radius 3 is 2.61 bits per heavy atom. The predicted molar refractivity (Wildman–Crippen MR) is 111 cm³/mol. The van der Waals surface area contributed by atoms with Gasteiger partial charge in [-0.2, -0.15) is 5.10 Å². The molecule has 31 heavy (non-hydrogen) atoms. The number of H-pyrrole nitrogens is 1. The summed E-state index contributed by atoms with van der Waals surface area (Å²) in [6.45, 7) is 0. The number of anilines is 2. The van der Waals surface area contributed by atoms with E-state index < -0.39 is 33.1 Å². The monoisotopic (exact) mass is 447 g/mol. The van der Waals surface area contributed by atoms with E-state index >= 15 is 4.39 Å². The minimum Gasteiger partial charge on any atom is -0.320 e. The van der Waals surface area contributed by atoms with Crippen LogP contribution in [-0.4, -0.2) is 41.8 Å². The van der Waals surface area contributed by atoms with Crippen molar-refractivity contribution in [3.05, 3.63) is 47.3 Å². The zero-order valence-corrected chi connectivity index (χ0v) is 17.3. The van der Waals surface area contributed by atoms with Crippen LogP contribution < -0.4 is 9.62 Å². The molecule has 162 valence electrons. The van der Waals surface area contributed by atoms with Crippen LogP contribution in [0.3, 0.4) is 0 Å². The molecule has 0 aliphatic heterocycles. The van der Waals surface area contributed by atoms with Crippen LogP contribution >= 0.6 is 0 Å². The number of aromatic nitrogens is 3. The molecule has 2 saturated carbocycles. The summed E-state index contributed by atoms with van der Waals surface area (Å²) >= 11 is 0. The van der Waals surface area contributed by atoms with Crippen molar-refractivity contribution in [1.82, 2.24) is 15.2 Å². The summed E-state index contributed by atoms with van der Waals surface area (Å²) in [7, 11) is -3.80. The molecule has 8 nitrogen and oxygen atoms in total. The van der Waals surface area contributed by atoms with Crippen LogP contribution in [0.25, 0.3) is 11.0 Å². The molecule has 5 rings (SSSR count). The van der Waals surface area contributed by atoms with Gasteiger partial charge in [0.2, 0.25) is 10.0 Å². The first-order valence-corrected chi connectivity index (χ1v) is 11.7. The quantitative estimate of drug-likeness (QED) is 0.603. The van der Waals surface area contributed by atoms with Gasteiger partial charge in [-0.15, -0.1) is 0 Å². The number of sulfonamides is 1. The lowest BCUT2D eigenvalue weighted by Crippen LogP contribution is -2.33. The summed E-state index contributed by atoms with van der Waals surface area (Å²) < 4.78 is 54.9. The van der Waals surface area contributed by atoms with Gasteiger partial charge in [-0.1, -0.05) is 0 Å². The third-order valence-corrected chi connectivity index (χ3v) is 6.66. The largest absolute Gasteiger partial charge is 0.320 e. The second-order valence-corrected chi connectivity index (χ2v) is 9.87. The summed E-state index contributed by atoms with van der Waals surface area (Å²) in [5, 5.41) is 10.3. The zero-order valence-electron chi connectivity index (χ0n) is 16.5. The minimum atomic E-state index is -3.80. The Morgan fingerprint density at radius 1 is 1.23 bits per heavy atom. The van der Waals surface area contributed by atoms with Crippen molar-refractivity contribution in [2.75, 3.05) is 15.9 Å². The number of halogens is 2. The third kappa shape index (κ3) is 3.62. The number of benzene rings is 1. The number of carbonyl (C=O) groups is 1. The van der Waals surface area contributed by atoms with Crippen LogP contribution in [0.15, 0.2) is 24.4 Å². The van der Waals surface area contributed by atoms with Crippen LogP contribution in [0.4, 0.5) is 20.2 Å². The maximum Gasteiger partial charge on any atom is 0.261 e. The Hall–Kier alpha value is -3.08. The maximum absolute atomic E-state index is 15.2. The van der Waals surface area contributed by atoms with Crippen LogP contribution in [0.1, 0.15) is 47.7 Å². The number of hydrogen-bond donors (Lipinski definition) is 2. The van der Waals surface area contributed by atoms with E-state index in [1.54, 1.807) is 6.07 Å². The minimum absolute atomic E-state index is 0.257. The van der Waals surface area contributed by atoms with Gasteiger partial charge < -0.3 is 5.32 Å². The number of rotatable bonds is 6. The number of fused-ring (bicyclic) bond motifs is 1. The topological polar surface area (TPSA) is 108 Å². The summed E-state index contributed by atoms with van der Waals surface area (Å²) in [5.74, 6) is -2.96. The summed E-state index contributed by atoms with van der Waals surface area (Å²) in [5.41, 5.74) is 0.489. The van der Waals surface area contributed by atoms with E-state index in [9.17, 15) is 17.6 Å². The molecule has 0 radical (unpaired) electrons. The van der Waals surface area contributed by atoms with E-state index in [1.807, 2.05) is 0 Å². The second kappa shape index (κ2) is 6.98. The molecule has 11 heteroatoms. The number of carbonyl (C=O) groups excluding carboxylic acids is 1. The van der Waals surface area contributed by atoms with E-state index in [-0.39, 0.29) is 17.4 Å². The highest BCUT2D eigenvalue weighted by atomic mass is 32.2. The fraction of sp³-hybridized carbons (Fsp3) is 0.350. The Balaban J connectivity index is 1.49. The molecule has 2 heterocycles. The van der Waals surface area contributed by atoms with Crippen molar-refractivity contribution in [2.24, 2.45) is 0 Å². The average molecular weight is 447 g/mol. The molecule has 2 aromatic heterocycles. The zero-order chi connectivity index (χ0) is 21.9. The highest BCUT2D eigenvalue weighted by Gasteiger charge is 2.38. The molecule has 0 spiro atoms. The number of pyridine rings is 1. The van der Waals surface area contributed by atoms with Crippen LogP contribution in [0, 0.1) is 11.6 Å². The average Bonchev–Trinajstić information content (AvgIpc) is 3.62.